The van der Waals surface area contributed by atoms with Gasteiger partial charge in [-0.2, -0.15) is 0 Å². The fraction of sp³-hybridized carbons (Fsp3) is 0.500. The van der Waals surface area contributed by atoms with Gasteiger partial charge in [-0.05, 0) is 26.0 Å². The maximum atomic E-state index is 11.0. The molecule has 0 amide bonds. The van der Waals surface area contributed by atoms with Gasteiger partial charge in [0.2, 0.25) is 0 Å². The van der Waals surface area contributed by atoms with Crippen molar-refractivity contribution in [1.82, 2.24) is 0 Å². The van der Waals surface area contributed by atoms with Crippen molar-refractivity contribution in [3.63, 3.8) is 0 Å². The zero-order valence-electron chi connectivity index (χ0n) is 11.6. The van der Waals surface area contributed by atoms with Crippen LogP contribution in [0.5, 0.6) is 11.5 Å². The van der Waals surface area contributed by atoms with Crippen LogP contribution in [0.25, 0.3) is 0 Å². The van der Waals surface area contributed by atoms with E-state index in [4.69, 9.17) is 9.47 Å². The molecule has 0 spiro atoms. The van der Waals surface area contributed by atoms with E-state index >= 15 is 0 Å². The maximum absolute atomic E-state index is 11.0. The minimum absolute atomic E-state index is 0. The van der Waals surface area contributed by atoms with E-state index in [9.17, 15) is 18.1 Å². The molecule has 0 aliphatic carbocycles. The second kappa shape index (κ2) is 6.64. The molecule has 2 atom stereocenters. The van der Waals surface area contributed by atoms with Crippen LogP contribution in [0, 0.1) is 0 Å². The molecule has 1 aliphatic heterocycles. The maximum Gasteiger partial charge on any atom is 1.00 e. The minimum Gasteiger partial charge on any atom is -0.746 e. The predicted molar refractivity (Wildman–Crippen MR) is 66.1 cm³/mol. The van der Waals surface area contributed by atoms with Crippen molar-refractivity contribution >= 4 is 10.1 Å². The van der Waals surface area contributed by atoms with E-state index in [2.05, 4.69) is 0 Å². The minimum atomic E-state index is -4.86. The smallest absolute Gasteiger partial charge is 0.746 e. The van der Waals surface area contributed by atoms with Gasteiger partial charge < -0.3 is 19.1 Å². The monoisotopic (exact) mass is 310 g/mol. The molecular formula is C12H15NaO6S. The average Bonchev–Trinajstić information content (AvgIpc) is 2.65. The topological polar surface area (TPSA) is 95.9 Å². The Bertz CT molecular complexity index is 586. The first-order chi connectivity index (χ1) is 8.82. The van der Waals surface area contributed by atoms with Crippen LogP contribution < -0.4 is 39.0 Å². The Kier molecular flexibility index (Phi) is 5.89. The third-order valence-corrected chi connectivity index (χ3v) is 3.67. The van der Waals surface area contributed by atoms with Gasteiger partial charge in [0.1, 0.15) is 27.7 Å². The van der Waals surface area contributed by atoms with Crippen molar-refractivity contribution in [2.24, 2.45) is 0 Å². The summed E-state index contributed by atoms with van der Waals surface area (Å²) in [5.74, 6) is 0.680. The van der Waals surface area contributed by atoms with Crippen LogP contribution in [0.15, 0.2) is 12.1 Å². The second-order valence-electron chi connectivity index (χ2n) is 4.41. The summed E-state index contributed by atoms with van der Waals surface area (Å²) >= 11 is 0. The fourth-order valence-corrected chi connectivity index (χ4v) is 2.58. The Morgan fingerprint density at radius 1 is 1.55 bits per heavy atom. The number of aliphatic hydroxyl groups is 1. The molecule has 1 heterocycles. The van der Waals surface area contributed by atoms with Crippen LogP contribution in [0.2, 0.25) is 0 Å². The van der Waals surface area contributed by atoms with E-state index in [0.717, 1.165) is 5.56 Å². The molecule has 1 aliphatic rings. The number of hydrogen-bond acceptors (Lipinski definition) is 6. The molecule has 0 radical (unpaired) electrons. The summed E-state index contributed by atoms with van der Waals surface area (Å²) in [5, 5.41) is 9.63. The van der Waals surface area contributed by atoms with Gasteiger partial charge in [-0.3, -0.25) is 0 Å². The second-order valence-corrected chi connectivity index (χ2v) is 5.84. The molecular weight excluding hydrogens is 295 g/mol. The van der Waals surface area contributed by atoms with E-state index in [1.165, 1.54) is 6.07 Å². The van der Waals surface area contributed by atoms with Crippen molar-refractivity contribution < 1.29 is 57.1 Å². The summed E-state index contributed by atoms with van der Waals surface area (Å²) in [6.07, 6.45) is 0.649. The predicted octanol–water partition coefficient (Wildman–Crippen LogP) is -2.05. The summed E-state index contributed by atoms with van der Waals surface area (Å²) in [6, 6.07) is 2.98. The number of benzene rings is 1. The van der Waals surface area contributed by atoms with Gasteiger partial charge >= 0.3 is 29.6 Å². The van der Waals surface area contributed by atoms with Crippen LogP contribution in [-0.2, 0) is 16.5 Å². The van der Waals surface area contributed by atoms with Gasteiger partial charge in [-0.1, -0.05) is 0 Å². The molecule has 20 heavy (non-hydrogen) atoms. The molecule has 2 rings (SSSR count). The van der Waals surface area contributed by atoms with Crippen LogP contribution in [0.3, 0.4) is 0 Å². The zero-order chi connectivity index (χ0) is 14.2. The third-order valence-electron chi connectivity index (χ3n) is 2.87. The normalized spacial score (nSPS) is 18.7. The molecule has 2 unspecified atom stereocenters. The Balaban J connectivity index is 0.00000200. The number of ether oxygens (including phenoxy) is 2. The number of fused-ring (bicyclic) bond motifs is 1. The van der Waals surface area contributed by atoms with Crippen LogP contribution >= 0.6 is 0 Å². The molecule has 0 saturated carbocycles. The van der Waals surface area contributed by atoms with Crippen molar-refractivity contribution in [1.29, 1.82) is 0 Å². The van der Waals surface area contributed by atoms with Gasteiger partial charge in [0.15, 0.2) is 5.44 Å². The molecule has 1 aromatic rings. The SMILES string of the molecule is CCOc1cc2c(cc1C(O)S(=O)(=O)[O-])OC(C)C2.[Na+]. The number of aliphatic hydroxyl groups excluding tert-OH is 1. The molecule has 0 fully saturated rings. The molecule has 0 aromatic heterocycles. The Labute approximate surface area is 140 Å². The van der Waals surface area contributed by atoms with Crippen LogP contribution in [0.1, 0.15) is 30.4 Å². The largest absolute Gasteiger partial charge is 1.00 e. The molecule has 8 heteroatoms. The number of hydrogen-bond donors (Lipinski definition) is 1. The van der Waals surface area contributed by atoms with E-state index in [1.807, 2.05) is 6.92 Å². The van der Waals surface area contributed by atoms with Gasteiger partial charge in [-0.25, -0.2) is 8.42 Å². The summed E-state index contributed by atoms with van der Waals surface area (Å²) in [4.78, 5) is 0. The molecule has 106 valence electrons. The van der Waals surface area contributed by atoms with E-state index in [0.29, 0.717) is 18.8 Å². The molecule has 1 aromatic carbocycles. The zero-order valence-corrected chi connectivity index (χ0v) is 14.4. The summed E-state index contributed by atoms with van der Waals surface area (Å²) < 4.78 is 43.6. The van der Waals surface area contributed by atoms with Crippen LogP contribution in [0.4, 0.5) is 0 Å². The molecule has 0 bridgehead atoms. The standard InChI is InChI=1S/C12H16O6S.Na/c1-3-17-11-5-8-4-7(2)18-10(8)6-9(11)12(13)19(14,15)16;/h5-7,12-13H,3-4H2,1-2H3,(H,14,15,16);/q;+1/p-1. The van der Waals surface area contributed by atoms with Crippen molar-refractivity contribution in [3.8, 4) is 11.5 Å². The first-order valence-corrected chi connectivity index (χ1v) is 7.39. The average molecular weight is 310 g/mol. The Morgan fingerprint density at radius 3 is 2.75 bits per heavy atom. The van der Waals surface area contributed by atoms with Crippen molar-refractivity contribution in [3.05, 3.63) is 23.3 Å². The summed E-state index contributed by atoms with van der Waals surface area (Å²) in [6.45, 7) is 3.91. The van der Waals surface area contributed by atoms with Gasteiger partial charge in [-0.15, -0.1) is 0 Å². The van der Waals surface area contributed by atoms with Crippen molar-refractivity contribution in [2.45, 2.75) is 31.8 Å². The molecule has 1 N–H and O–H groups in total. The molecule has 0 saturated heterocycles. The first-order valence-electron chi connectivity index (χ1n) is 5.92. The van der Waals surface area contributed by atoms with Gasteiger partial charge in [0.25, 0.3) is 0 Å². The first kappa shape index (κ1) is 17.7. The van der Waals surface area contributed by atoms with E-state index in [1.54, 1.807) is 13.0 Å². The van der Waals surface area contributed by atoms with Gasteiger partial charge in [0.05, 0.1) is 6.61 Å². The van der Waals surface area contributed by atoms with E-state index < -0.39 is 15.6 Å². The van der Waals surface area contributed by atoms with Gasteiger partial charge in [0, 0.05) is 17.5 Å². The quantitative estimate of drug-likeness (QED) is 0.508. The summed E-state index contributed by atoms with van der Waals surface area (Å²) in [5.41, 5.74) is -1.36. The van der Waals surface area contributed by atoms with E-state index in [-0.39, 0.29) is 47.0 Å². The summed E-state index contributed by atoms with van der Waals surface area (Å²) in [7, 11) is -4.86. The molecule has 6 nitrogen and oxygen atoms in total. The van der Waals surface area contributed by atoms with Crippen molar-refractivity contribution in [2.75, 3.05) is 6.61 Å². The number of rotatable bonds is 4. The van der Waals surface area contributed by atoms with Crippen LogP contribution in [-0.4, -0.2) is 30.8 Å². The third kappa shape index (κ3) is 3.66. The Hall–Kier alpha value is -0.310. The Morgan fingerprint density at radius 2 is 2.20 bits per heavy atom. The fourth-order valence-electron chi connectivity index (χ4n) is 2.08.